The Balaban J connectivity index is 1.69. The van der Waals surface area contributed by atoms with Crippen molar-refractivity contribution in [2.24, 2.45) is 0 Å². The molecule has 1 N–H and O–H groups in total. The maximum atomic E-state index is 5.86. The molecule has 2 aromatic heterocycles. The van der Waals surface area contributed by atoms with Gasteiger partial charge in [0.25, 0.3) is 0 Å². The number of nitrogens with zero attached hydrogens (tertiary/aromatic N) is 3. The number of para-hydroxylation sites is 2. The number of aromatic nitrogens is 2. The van der Waals surface area contributed by atoms with Crippen molar-refractivity contribution >= 4 is 23.0 Å². The third-order valence-electron chi connectivity index (χ3n) is 5.81. The van der Waals surface area contributed by atoms with Gasteiger partial charge >= 0.3 is 0 Å². The lowest BCUT2D eigenvalue weighted by Gasteiger charge is -2.29. The second-order valence-corrected chi connectivity index (χ2v) is 8.20. The number of thiocarbonyl (C=S) groups is 1. The molecule has 0 radical (unpaired) electrons. The summed E-state index contributed by atoms with van der Waals surface area (Å²) in [4.78, 5) is 6.85. The highest BCUT2D eigenvalue weighted by Crippen LogP contribution is 2.43. The Morgan fingerprint density at radius 3 is 2.59 bits per heavy atom. The van der Waals surface area contributed by atoms with Gasteiger partial charge in [-0.25, -0.2) is 0 Å². The summed E-state index contributed by atoms with van der Waals surface area (Å²) in [7, 11) is 1.70. The van der Waals surface area contributed by atoms with Gasteiger partial charge in [0.1, 0.15) is 11.8 Å². The predicted molar refractivity (Wildman–Crippen MR) is 131 cm³/mol. The smallest absolute Gasteiger partial charge is 0.174 e. The van der Waals surface area contributed by atoms with E-state index in [0.29, 0.717) is 5.11 Å². The Morgan fingerprint density at radius 2 is 1.81 bits per heavy atom. The van der Waals surface area contributed by atoms with E-state index in [2.05, 4.69) is 75.4 Å². The standard InChI is InChI=1S/C26H24N4OS/c1-18-9-7-10-19(17-18)30-25(24(28-26(30)32)20-11-5-6-15-27-20)22-13-8-16-29(22)21-12-3-4-14-23(21)31-2/h3-17,24-25H,1-2H3,(H,28,32)/t24-,25+/m0/s1. The van der Waals surface area contributed by atoms with Crippen LogP contribution < -0.4 is 15.0 Å². The van der Waals surface area contributed by atoms with Crippen LogP contribution in [0.5, 0.6) is 5.75 Å². The van der Waals surface area contributed by atoms with Gasteiger partial charge in [-0.05, 0) is 73.2 Å². The fourth-order valence-electron chi connectivity index (χ4n) is 4.39. The summed E-state index contributed by atoms with van der Waals surface area (Å²) < 4.78 is 7.84. The van der Waals surface area contributed by atoms with Crippen molar-refractivity contribution in [1.82, 2.24) is 14.9 Å². The zero-order valence-corrected chi connectivity index (χ0v) is 18.8. The molecule has 0 spiro atoms. The van der Waals surface area contributed by atoms with Crippen LogP contribution in [-0.4, -0.2) is 21.8 Å². The molecule has 1 fully saturated rings. The van der Waals surface area contributed by atoms with Crippen LogP contribution in [0.25, 0.3) is 5.69 Å². The molecule has 1 aliphatic rings. The van der Waals surface area contributed by atoms with Gasteiger partial charge in [-0.3, -0.25) is 4.98 Å². The molecule has 160 valence electrons. The van der Waals surface area contributed by atoms with Crippen molar-refractivity contribution in [3.05, 3.63) is 108 Å². The van der Waals surface area contributed by atoms with Crippen LogP contribution in [-0.2, 0) is 0 Å². The monoisotopic (exact) mass is 440 g/mol. The van der Waals surface area contributed by atoms with Crippen LogP contribution in [0.2, 0.25) is 0 Å². The fraction of sp³-hybridized carbons (Fsp3) is 0.154. The van der Waals surface area contributed by atoms with E-state index in [1.165, 1.54) is 5.56 Å². The Bertz CT molecular complexity index is 1250. The minimum absolute atomic E-state index is 0.0980. The van der Waals surface area contributed by atoms with Crippen molar-refractivity contribution in [3.63, 3.8) is 0 Å². The van der Waals surface area contributed by atoms with Crippen molar-refractivity contribution in [2.75, 3.05) is 12.0 Å². The number of ether oxygens (including phenoxy) is 1. The van der Waals surface area contributed by atoms with E-state index >= 15 is 0 Å². The number of benzene rings is 2. The summed E-state index contributed by atoms with van der Waals surface area (Å²) in [6.45, 7) is 2.10. The Morgan fingerprint density at radius 1 is 0.969 bits per heavy atom. The summed E-state index contributed by atoms with van der Waals surface area (Å²) >= 11 is 5.86. The van der Waals surface area contributed by atoms with E-state index in [4.69, 9.17) is 17.0 Å². The number of pyridine rings is 1. The number of hydrogen-bond acceptors (Lipinski definition) is 3. The average molecular weight is 441 g/mol. The minimum Gasteiger partial charge on any atom is -0.495 e. The number of hydrogen-bond donors (Lipinski definition) is 1. The Hall–Kier alpha value is -3.64. The summed E-state index contributed by atoms with van der Waals surface area (Å²) in [6.07, 6.45) is 3.89. The van der Waals surface area contributed by atoms with Crippen LogP contribution in [0, 0.1) is 6.92 Å². The molecule has 3 heterocycles. The normalized spacial score (nSPS) is 17.9. The summed E-state index contributed by atoms with van der Waals surface area (Å²) in [6, 6.07) is 26.5. The summed E-state index contributed by atoms with van der Waals surface area (Å²) in [5.41, 5.74) is 5.27. The van der Waals surface area contributed by atoms with E-state index in [-0.39, 0.29) is 12.1 Å². The van der Waals surface area contributed by atoms with Gasteiger partial charge in [0.05, 0.1) is 24.5 Å². The van der Waals surface area contributed by atoms with Gasteiger partial charge in [-0.1, -0.05) is 30.3 Å². The van der Waals surface area contributed by atoms with Crippen LogP contribution in [0.1, 0.15) is 29.0 Å². The molecule has 32 heavy (non-hydrogen) atoms. The number of nitrogens with one attached hydrogen (secondary N) is 1. The molecule has 2 aromatic carbocycles. The molecule has 0 saturated carbocycles. The van der Waals surface area contributed by atoms with Crippen LogP contribution in [0.15, 0.2) is 91.3 Å². The SMILES string of the molecule is COc1ccccc1-n1cccc1[C@@H]1[C@H](c2ccccn2)NC(=S)N1c1cccc(C)c1. The maximum Gasteiger partial charge on any atom is 0.174 e. The third-order valence-corrected chi connectivity index (χ3v) is 6.12. The zero-order chi connectivity index (χ0) is 22.1. The molecule has 0 aliphatic carbocycles. The highest BCUT2D eigenvalue weighted by molar-refractivity contribution is 7.80. The quantitative estimate of drug-likeness (QED) is 0.423. The Labute approximate surface area is 193 Å². The molecule has 1 saturated heterocycles. The highest BCUT2D eigenvalue weighted by atomic mass is 32.1. The van der Waals surface area contributed by atoms with Crippen molar-refractivity contribution in [2.45, 2.75) is 19.0 Å². The van der Waals surface area contributed by atoms with E-state index in [1.807, 2.05) is 42.6 Å². The van der Waals surface area contributed by atoms with E-state index in [9.17, 15) is 0 Å². The highest BCUT2D eigenvalue weighted by Gasteiger charge is 2.42. The first kappa shape index (κ1) is 20.3. The lowest BCUT2D eigenvalue weighted by Crippen LogP contribution is -2.30. The van der Waals surface area contributed by atoms with Crippen LogP contribution in [0.3, 0.4) is 0 Å². The number of methoxy groups -OCH3 is 1. The summed E-state index contributed by atoms with van der Waals surface area (Å²) in [5.74, 6) is 0.815. The van der Waals surface area contributed by atoms with Gasteiger partial charge in [0, 0.05) is 23.8 Å². The minimum atomic E-state index is -0.104. The molecule has 4 aromatic rings. The molecule has 5 nitrogen and oxygen atoms in total. The number of anilines is 1. The zero-order valence-electron chi connectivity index (χ0n) is 18.0. The first-order valence-electron chi connectivity index (χ1n) is 10.6. The van der Waals surface area contributed by atoms with E-state index in [0.717, 1.165) is 28.5 Å². The van der Waals surface area contributed by atoms with Crippen LogP contribution in [0.4, 0.5) is 5.69 Å². The molecule has 6 heteroatoms. The van der Waals surface area contributed by atoms with E-state index < -0.39 is 0 Å². The lowest BCUT2D eigenvalue weighted by atomic mass is 10.0. The fourth-order valence-corrected chi connectivity index (χ4v) is 4.74. The molecule has 1 aliphatic heterocycles. The van der Waals surface area contributed by atoms with Gasteiger partial charge in [-0.15, -0.1) is 0 Å². The number of aryl methyl sites for hydroxylation is 1. The van der Waals surface area contributed by atoms with Gasteiger partial charge < -0.3 is 19.5 Å². The molecule has 0 bridgehead atoms. The molecular weight excluding hydrogens is 416 g/mol. The third kappa shape index (κ3) is 3.52. The maximum absolute atomic E-state index is 5.86. The predicted octanol–water partition coefficient (Wildman–Crippen LogP) is 5.37. The number of rotatable bonds is 5. The topological polar surface area (TPSA) is 42.3 Å². The average Bonchev–Trinajstić information content (AvgIpc) is 3.43. The van der Waals surface area contributed by atoms with Crippen LogP contribution >= 0.6 is 12.2 Å². The molecule has 0 unspecified atom stereocenters. The Kier molecular flexibility index (Phi) is 5.37. The van der Waals surface area contributed by atoms with Gasteiger partial charge in [0.15, 0.2) is 5.11 Å². The first-order valence-corrected chi connectivity index (χ1v) is 11.0. The van der Waals surface area contributed by atoms with Crippen molar-refractivity contribution in [3.8, 4) is 11.4 Å². The van der Waals surface area contributed by atoms with E-state index in [1.54, 1.807) is 7.11 Å². The lowest BCUT2D eigenvalue weighted by molar-refractivity contribution is 0.412. The molecular formula is C26H24N4OS. The first-order chi connectivity index (χ1) is 15.7. The molecule has 5 rings (SSSR count). The molecule has 2 atom stereocenters. The van der Waals surface area contributed by atoms with Gasteiger partial charge in [0.2, 0.25) is 0 Å². The summed E-state index contributed by atoms with van der Waals surface area (Å²) in [5, 5.41) is 4.22. The largest absolute Gasteiger partial charge is 0.495 e. The van der Waals surface area contributed by atoms with Gasteiger partial charge in [-0.2, -0.15) is 0 Å². The van der Waals surface area contributed by atoms with Crippen molar-refractivity contribution < 1.29 is 4.74 Å². The molecule has 0 amide bonds. The van der Waals surface area contributed by atoms with Crippen molar-refractivity contribution in [1.29, 1.82) is 0 Å². The second-order valence-electron chi connectivity index (χ2n) is 7.81. The second kappa shape index (κ2) is 8.48.